The number of sulfonamides is 1. The zero-order valence-corrected chi connectivity index (χ0v) is 12.1. The van der Waals surface area contributed by atoms with Gasteiger partial charge in [-0.15, -0.1) is 0 Å². The van der Waals surface area contributed by atoms with Crippen molar-refractivity contribution in [2.75, 3.05) is 30.3 Å². The molecule has 0 saturated carbocycles. The lowest BCUT2D eigenvalue weighted by molar-refractivity contribution is 0.217. The van der Waals surface area contributed by atoms with E-state index in [0.29, 0.717) is 5.69 Å². The van der Waals surface area contributed by atoms with E-state index in [9.17, 15) is 8.42 Å². The standard InChI is InChI=1S/C12H19N3O4S/c1-19-9-10-20(17,18)15(8-7-12(13)14-16)11-5-3-2-4-6-11/h2-6,16H,7-10H2,1H3,(H2,13,14). The van der Waals surface area contributed by atoms with Gasteiger partial charge in [0.2, 0.25) is 10.0 Å². The van der Waals surface area contributed by atoms with E-state index in [1.807, 2.05) is 0 Å². The maximum absolute atomic E-state index is 12.3. The van der Waals surface area contributed by atoms with E-state index < -0.39 is 10.0 Å². The Morgan fingerprint density at radius 3 is 2.60 bits per heavy atom. The van der Waals surface area contributed by atoms with Crippen LogP contribution < -0.4 is 10.0 Å². The molecule has 0 aliphatic carbocycles. The van der Waals surface area contributed by atoms with Crippen molar-refractivity contribution in [3.63, 3.8) is 0 Å². The molecule has 1 aromatic carbocycles. The predicted octanol–water partition coefficient (Wildman–Crippen LogP) is 0.606. The van der Waals surface area contributed by atoms with E-state index in [1.54, 1.807) is 30.3 Å². The number of ether oxygens (including phenoxy) is 1. The van der Waals surface area contributed by atoms with E-state index in [2.05, 4.69) is 5.16 Å². The first kappa shape index (κ1) is 16.3. The van der Waals surface area contributed by atoms with Crippen LogP contribution in [-0.4, -0.2) is 45.5 Å². The lowest BCUT2D eigenvalue weighted by atomic mass is 10.3. The van der Waals surface area contributed by atoms with Crippen molar-refractivity contribution < 1.29 is 18.4 Å². The first-order chi connectivity index (χ1) is 9.51. The van der Waals surface area contributed by atoms with Crippen molar-refractivity contribution in [2.24, 2.45) is 10.9 Å². The summed E-state index contributed by atoms with van der Waals surface area (Å²) in [6.45, 7) is 0.210. The van der Waals surface area contributed by atoms with Crippen molar-refractivity contribution in [2.45, 2.75) is 6.42 Å². The number of nitrogens with zero attached hydrogens (tertiary/aromatic N) is 2. The van der Waals surface area contributed by atoms with E-state index in [4.69, 9.17) is 15.7 Å². The Kier molecular flexibility index (Phi) is 6.26. The number of rotatable bonds is 8. The van der Waals surface area contributed by atoms with Gasteiger partial charge < -0.3 is 15.7 Å². The van der Waals surface area contributed by atoms with Gasteiger partial charge in [0, 0.05) is 20.1 Å². The molecule has 0 aliphatic heterocycles. The predicted molar refractivity (Wildman–Crippen MR) is 77.5 cm³/mol. The van der Waals surface area contributed by atoms with Crippen LogP contribution in [0.15, 0.2) is 35.5 Å². The molecule has 0 fully saturated rings. The summed E-state index contributed by atoms with van der Waals surface area (Å²) in [4.78, 5) is 0. The minimum Gasteiger partial charge on any atom is -0.409 e. The molecule has 0 radical (unpaired) electrons. The van der Waals surface area contributed by atoms with Crippen LogP contribution in [0.2, 0.25) is 0 Å². The molecule has 8 heteroatoms. The number of hydrogen-bond donors (Lipinski definition) is 2. The van der Waals surface area contributed by atoms with E-state index in [-0.39, 0.29) is 31.2 Å². The van der Waals surface area contributed by atoms with Gasteiger partial charge in [0.05, 0.1) is 18.0 Å². The molecule has 112 valence electrons. The zero-order chi connectivity index (χ0) is 15.0. The first-order valence-electron chi connectivity index (χ1n) is 6.02. The van der Waals surface area contributed by atoms with Crippen LogP contribution in [0.5, 0.6) is 0 Å². The third-order valence-electron chi connectivity index (χ3n) is 2.62. The van der Waals surface area contributed by atoms with Gasteiger partial charge in [-0.25, -0.2) is 8.42 Å². The zero-order valence-electron chi connectivity index (χ0n) is 11.3. The number of anilines is 1. The molecule has 0 heterocycles. The third kappa shape index (κ3) is 4.71. The molecule has 0 aliphatic rings. The van der Waals surface area contributed by atoms with Gasteiger partial charge >= 0.3 is 0 Å². The summed E-state index contributed by atoms with van der Waals surface area (Å²) in [6, 6.07) is 8.68. The van der Waals surface area contributed by atoms with Crippen molar-refractivity contribution in [3.05, 3.63) is 30.3 Å². The lowest BCUT2D eigenvalue weighted by Gasteiger charge is -2.24. The number of benzene rings is 1. The second-order valence-corrected chi connectivity index (χ2v) is 6.07. The molecular weight excluding hydrogens is 282 g/mol. The first-order valence-corrected chi connectivity index (χ1v) is 7.63. The van der Waals surface area contributed by atoms with Gasteiger partial charge in [0.25, 0.3) is 0 Å². The Morgan fingerprint density at radius 1 is 1.40 bits per heavy atom. The summed E-state index contributed by atoms with van der Waals surface area (Å²) in [6.07, 6.45) is 0.137. The molecule has 0 spiro atoms. The number of oxime groups is 1. The molecule has 0 amide bonds. The van der Waals surface area contributed by atoms with Crippen molar-refractivity contribution in [1.29, 1.82) is 0 Å². The molecule has 0 saturated heterocycles. The van der Waals surface area contributed by atoms with Crippen LogP contribution >= 0.6 is 0 Å². The van der Waals surface area contributed by atoms with Gasteiger partial charge in [0.1, 0.15) is 5.84 Å². The fourth-order valence-corrected chi connectivity index (χ4v) is 3.00. The Labute approximate surface area is 118 Å². The van der Waals surface area contributed by atoms with Crippen LogP contribution in [0.1, 0.15) is 6.42 Å². The minimum absolute atomic E-state index is 0.0205. The van der Waals surface area contributed by atoms with E-state index in [1.165, 1.54) is 11.4 Å². The Morgan fingerprint density at radius 2 is 2.05 bits per heavy atom. The Balaban J connectivity index is 2.96. The second-order valence-electron chi connectivity index (χ2n) is 4.06. The molecule has 0 unspecified atom stereocenters. The van der Waals surface area contributed by atoms with Crippen molar-refractivity contribution >= 4 is 21.5 Å². The fraction of sp³-hybridized carbons (Fsp3) is 0.417. The molecule has 1 rings (SSSR count). The summed E-state index contributed by atoms with van der Waals surface area (Å²) in [5.41, 5.74) is 5.93. The largest absolute Gasteiger partial charge is 0.409 e. The fourth-order valence-electron chi connectivity index (χ4n) is 1.59. The maximum Gasteiger partial charge on any atom is 0.237 e. The highest BCUT2D eigenvalue weighted by atomic mass is 32.2. The summed E-state index contributed by atoms with van der Waals surface area (Å²) in [5.74, 6) is -0.151. The van der Waals surface area contributed by atoms with Gasteiger partial charge in [-0.1, -0.05) is 23.4 Å². The summed E-state index contributed by atoms with van der Waals surface area (Å²) >= 11 is 0. The quantitative estimate of drug-likeness (QED) is 0.317. The summed E-state index contributed by atoms with van der Waals surface area (Å²) in [7, 11) is -2.08. The Bertz CT molecular complexity index is 531. The summed E-state index contributed by atoms with van der Waals surface area (Å²) in [5, 5.41) is 11.4. The Hall–Kier alpha value is -1.80. The molecule has 20 heavy (non-hydrogen) atoms. The monoisotopic (exact) mass is 301 g/mol. The third-order valence-corrected chi connectivity index (χ3v) is 4.37. The SMILES string of the molecule is COCCS(=O)(=O)N(CCC(N)=NO)c1ccccc1. The van der Waals surface area contributed by atoms with Crippen LogP contribution in [0.3, 0.4) is 0 Å². The number of para-hydroxylation sites is 1. The second kappa shape index (κ2) is 7.71. The van der Waals surface area contributed by atoms with Crippen molar-refractivity contribution in [1.82, 2.24) is 0 Å². The average molecular weight is 301 g/mol. The molecule has 1 aromatic rings. The highest BCUT2D eigenvalue weighted by Crippen LogP contribution is 2.18. The van der Waals surface area contributed by atoms with E-state index >= 15 is 0 Å². The molecule has 0 atom stereocenters. The molecular formula is C12H19N3O4S. The van der Waals surface area contributed by atoms with Gasteiger partial charge in [-0.2, -0.15) is 0 Å². The highest BCUT2D eigenvalue weighted by Gasteiger charge is 2.22. The van der Waals surface area contributed by atoms with Crippen LogP contribution in [-0.2, 0) is 14.8 Å². The highest BCUT2D eigenvalue weighted by molar-refractivity contribution is 7.92. The average Bonchev–Trinajstić information content (AvgIpc) is 2.46. The lowest BCUT2D eigenvalue weighted by Crippen LogP contribution is -2.36. The number of methoxy groups -OCH3 is 1. The van der Waals surface area contributed by atoms with Crippen LogP contribution in [0.4, 0.5) is 5.69 Å². The number of amidine groups is 1. The van der Waals surface area contributed by atoms with Crippen molar-refractivity contribution in [3.8, 4) is 0 Å². The molecule has 3 N–H and O–H groups in total. The molecule has 0 bridgehead atoms. The topological polar surface area (TPSA) is 105 Å². The van der Waals surface area contributed by atoms with E-state index in [0.717, 1.165) is 0 Å². The van der Waals surface area contributed by atoms with Crippen LogP contribution in [0, 0.1) is 0 Å². The number of nitrogens with two attached hydrogens (primary N) is 1. The van der Waals surface area contributed by atoms with Gasteiger partial charge in [0.15, 0.2) is 0 Å². The smallest absolute Gasteiger partial charge is 0.237 e. The normalized spacial score (nSPS) is 12.3. The molecule has 0 aromatic heterocycles. The van der Waals surface area contributed by atoms with Gasteiger partial charge in [-0.05, 0) is 12.1 Å². The minimum atomic E-state index is -3.53. The molecule has 7 nitrogen and oxygen atoms in total. The van der Waals surface area contributed by atoms with Crippen LogP contribution in [0.25, 0.3) is 0 Å². The summed E-state index contributed by atoms with van der Waals surface area (Å²) < 4.78 is 30.6. The maximum atomic E-state index is 12.3. The van der Waals surface area contributed by atoms with Gasteiger partial charge in [-0.3, -0.25) is 4.31 Å². The number of hydrogen-bond acceptors (Lipinski definition) is 5.